The van der Waals surface area contributed by atoms with Crippen molar-refractivity contribution in [3.63, 3.8) is 0 Å². The van der Waals surface area contributed by atoms with Crippen molar-refractivity contribution in [3.05, 3.63) is 53.1 Å². The summed E-state index contributed by atoms with van der Waals surface area (Å²) in [4.78, 5) is 28.0. The molecule has 198 valence electrons. The summed E-state index contributed by atoms with van der Waals surface area (Å²) in [5.74, 6) is -0.599. The quantitative estimate of drug-likeness (QED) is 0.305. The largest absolute Gasteiger partial charge is 0.462 e. The van der Waals surface area contributed by atoms with E-state index in [1.807, 2.05) is 0 Å². The van der Waals surface area contributed by atoms with Gasteiger partial charge >= 0.3 is 19.4 Å². The molecule has 1 aliphatic heterocycles. The summed E-state index contributed by atoms with van der Waals surface area (Å²) < 4.78 is 51.6. The van der Waals surface area contributed by atoms with Crippen LogP contribution in [-0.4, -0.2) is 57.3 Å². The normalized spacial score (nSPS) is 26.4. The molecule has 1 saturated heterocycles. The molecule has 0 saturated carbocycles. The third-order valence-electron chi connectivity index (χ3n) is 5.26. The fourth-order valence-electron chi connectivity index (χ4n) is 3.46. The van der Waals surface area contributed by atoms with Crippen molar-refractivity contribution >= 4 is 19.5 Å². The topological polar surface area (TPSA) is 164 Å². The molecule has 1 unspecified atom stereocenters. The molecule has 2 heterocycles. The second-order valence-corrected chi connectivity index (χ2v) is 10.4. The first kappa shape index (κ1) is 27.8. The summed E-state index contributed by atoms with van der Waals surface area (Å²) in [7, 11) is -4.29. The van der Waals surface area contributed by atoms with Crippen LogP contribution < -0.4 is 21.0 Å². The van der Waals surface area contributed by atoms with Gasteiger partial charge in [0, 0.05) is 6.20 Å². The number of para-hydroxylation sites is 1. The molecule has 12 nitrogen and oxygen atoms in total. The first-order chi connectivity index (χ1) is 16.8. The van der Waals surface area contributed by atoms with E-state index in [9.17, 15) is 19.3 Å². The number of aromatic nitrogens is 2. The summed E-state index contributed by atoms with van der Waals surface area (Å²) >= 11 is 0. The number of ether oxygens (including phenoxy) is 2. The maximum atomic E-state index is 15.5. The van der Waals surface area contributed by atoms with Crippen LogP contribution >= 0.6 is 7.75 Å². The highest BCUT2D eigenvalue weighted by atomic mass is 31.2. The predicted molar refractivity (Wildman–Crippen MR) is 127 cm³/mol. The van der Waals surface area contributed by atoms with Crippen LogP contribution in [0.15, 0.2) is 47.4 Å². The van der Waals surface area contributed by atoms with Gasteiger partial charge in [0.05, 0.1) is 12.7 Å². The van der Waals surface area contributed by atoms with E-state index < -0.39 is 62.3 Å². The van der Waals surface area contributed by atoms with Crippen LogP contribution in [0, 0.1) is 0 Å². The number of halogens is 1. The van der Waals surface area contributed by atoms with E-state index in [2.05, 4.69) is 10.1 Å². The number of alkyl halides is 1. The fraction of sp³-hybridized carbons (Fsp3) is 0.500. The number of nitrogen functional groups attached to an aromatic ring is 1. The van der Waals surface area contributed by atoms with Crippen molar-refractivity contribution in [2.45, 2.75) is 63.9 Å². The highest BCUT2D eigenvalue weighted by molar-refractivity contribution is 7.52. The highest BCUT2D eigenvalue weighted by Gasteiger charge is 2.56. The van der Waals surface area contributed by atoms with Gasteiger partial charge in [-0.2, -0.15) is 10.1 Å². The zero-order chi connectivity index (χ0) is 26.7. The van der Waals surface area contributed by atoms with Crippen molar-refractivity contribution in [2.24, 2.45) is 0 Å². The molecule has 0 radical (unpaired) electrons. The van der Waals surface area contributed by atoms with Crippen molar-refractivity contribution in [3.8, 4) is 5.75 Å². The minimum Gasteiger partial charge on any atom is -0.462 e. The average molecular weight is 528 g/mol. The highest BCUT2D eigenvalue weighted by Crippen LogP contribution is 2.47. The van der Waals surface area contributed by atoms with Gasteiger partial charge in [-0.3, -0.25) is 13.9 Å². The molecular weight excluding hydrogens is 498 g/mol. The summed E-state index contributed by atoms with van der Waals surface area (Å²) in [6, 6.07) is 8.20. The number of nitrogens with two attached hydrogens (primary N) is 1. The number of esters is 1. The maximum Gasteiger partial charge on any atom is 0.459 e. The van der Waals surface area contributed by atoms with Crippen LogP contribution in [0.25, 0.3) is 0 Å². The van der Waals surface area contributed by atoms with Gasteiger partial charge in [0.25, 0.3) is 0 Å². The van der Waals surface area contributed by atoms with E-state index in [0.717, 1.165) is 11.5 Å². The van der Waals surface area contributed by atoms with Crippen molar-refractivity contribution in [1.29, 1.82) is 0 Å². The van der Waals surface area contributed by atoms with Gasteiger partial charge in [-0.1, -0.05) is 18.2 Å². The van der Waals surface area contributed by atoms with E-state index in [4.69, 9.17) is 24.3 Å². The molecule has 0 aliphatic carbocycles. The molecule has 1 aromatic carbocycles. The van der Waals surface area contributed by atoms with Crippen molar-refractivity contribution in [2.75, 3.05) is 12.3 Å². The number of nitrogens with zero attached hydrogens (tertiary/aromatic N) is 2. The second kappa shape index (κ2) is 11.1. The molecule has 1 fully saturated rings. The van der Waals surface area contributed by atoms with Crippen LogP contribution in [0.2, 0.25) is 0 Å². The Morgan fingerprint density at radius 1 is 1.33 bits per heavy atom. The molecule has 1 aromatic heterocycles. The Labute approximate surface area is 207 Å². The zero-order valence-electron chi connectivity index (χ0n) is 20.2. The number of hydrogen-bond acceptors (Lipinski definition) is 10. The van der Waals surface area contributed by atoms with Crippen LogP contribution in [0.5, 0.6) is 5.75 Å². The number of benzene rings is 1. The third-order valence-corrected chi connectivity index (χ3v) is 6.90. The zero-order valence-corrected chi connectivity index (χ0v) is 21.1. The molecule has 0 amide bonds. The molecule has 0 spiro atoms. The van der Waals surface area contributed by atoms with Gasteiger partial charge in [0.1, 0.15) is 29.8 Å². The summed E-state index contributed by atoms with van der Waals surface area (Å²) in [6.45, 7) is 5.16. The SMILES string of the molecule is CC(C)OC(=O)[C@@H](C)NP(=O)(OC[C@H]1O[C@@H](n2ccc(N)nc2=O)[C@](C)(F)[C@@H]1O)Oc1ccccc1. The molecule has 4 N–H and O–H groups in total. The summed E-state index contributed by atoms with van der Waals surface area (Å²) in [6.07, 6.45) is -3.92. The second-order valence-electron chi connectivity index (χ2n) is 8.70. The number of aliphatic hydroxyl groups excluding tert-OH is 1. The van der Waals surface area contributed by atoms with Gasteiger partial charge in [-0.25, -0.2) is 13.8 Å². The number of hydrogen-bond donors (Lipinski definition) is 3. The Morgan fingerprint density at radius 2 is 2.00 bits per heavy atom. The monoisotopic (exact) mass is 528 g/mol. The Kier molecular flexibility index (Phi) is 8.52. The molecule has 14 heteroatoms. The van der Waals surface area contributed by atoms with Crippen LogP contribution in [0.4, 0.5) is 10.2 Å². The molecule has 0 bridgehead atoms. The maximum absolute atomic E-state index is 15.5. The Bertz CT molecular complexity index is 1160. The lowest BCUT2D eigenvalue weighted by Gasteiger charge is -2.25. The van der Waals surface area contributed by atoms with Gasteiger partial charge in [0.2, 0.25) is 0 Å². The average Bonchev–Trinajstić information content (AvgIpc) is 3.01. The number of anilines is 1. The van der Waals surface area contributed by atoms with Gasteiger partial charge in [-0.15, -0.1) is 0 Å². The molecule has 1 aliphatic rings. The molecule has 6 atom stereocenters. The van der Waals surface area contributed by atoms with Gasteiger partial charge < -0.3 is 24.8 Å². The van der Waals surface area contributed by atoms with Crippen LogP contribution in [0.3, 0.4) is 0 Å². The minimum atomic E-state index is -4.29. The number of rotatable bonds is 10. The molecular formula is C22H30FN4O8P. The van der Waals surface area contributed by atoms with Gasteiger partial charge in [-0.05, 0) is 45.9 Å². The fourth-order valence-corrected chi connectivity index (χ4v) is 4.96. The Morgan fingerprint density at radius 3 is 2.61 bits per heavy atom. The van der Waals surface area contributed by atoms with Gasteiger partial charge in [0.15, 0.2) is 11.9 Å². The lowest BCUT2D eigenvalue weighted by molar-refractivity contribution is -0.149. The Balaban J connectivity index is 1.79. The number of carbonyl (C=O) groups is 1. The standard InChI is InChI=1S/C22H30FN4O8P/c1-13(2)33-19(29)14(3)26-36(31,35-15-8-6-5-7-9-15)32-12-16-18(28)22(4,23)20(34-16)27-11-10-17(24)25-21(27)30/h5-11,13-14,16,18,20,28H,12H2,1-4H3,(H,26,31)(H2,24,25,30)/t14-,16-,18-,20-,22-,36?/m1/s1. The number of carbonyl (C=O) groups excluding carboxylic acids is 1. The third kappa shape index (κ3) is 6.48. The number of aliphatic hydroxyl groups is 1. The number of nitrogens with one attached hydrogen (secondary N) is 1. The first-order valence-corrected chi connectivity index (χ1v) is 12.7. The lowest BCUT2D eigenvalue weighted by Crippen LogP contribution is -2.43. The molecule has 2 aromatic rings. The Hall–Kier alpha value is -2.83. The van der Waals surface area contributed by atoms with Crippen molar-refractivity contribution in [1.82, 2.24) is 14.6 Å². The molecule has 36 heavy (non-hydrogen) atoms. The van der Waals surface area contributed by atoms with Crippen LogP contribution in [0.1, 0.15) is 33.9 Å². The van der Waals surface area contributed by atoms with Crippen LogP contribution in [-0.2, 0) is 23.4 Å². The summed E-state index contributed by atoms with van der Waals surface area (Å²) in [5.41, 5.74) is 2.16. The lowest BCUT2D eigenvalue weighted by atomic mass is 9.98. The van der Waals surface area contributed by atoms with E-state index >= 15 is 4.39 Å². The summed E-state index contributed by atoms with van der Waals surface area (Å²) in [5, 5.41) is 13.1. The first-order valence-electron chi connectivity index (χ1n) is 11.2. The van der Waals surface area contributed by atoms with E-state index in [1.165, 1.54) is 31.3 Å². The van der Waals surface area contributed by atoms with Crippen molar-refractivity contribution < 1.29 is 37.4 Å². The molecule has 3 rings (SSSR count). The minimum absolute atomic E-state index is 0.0644. The van der Waals surface area contributed by atoms with E-state index in [1.54, 1.807) is 32.0 Å². The predicted octanol–water partition coefficient (Wildman–Crippen LogP) is 1.95. The van der Waals surface area contributed by atoms with E-state index in [0.29, 0.717) is 0 Å². The van der Waals surface area contributed by atoms with E-state index in [-0.39, 0.29) is 11.6 Å². The smallest absolute Gasteiger partial charge is 0.459 e.